The van der Waals surface area contributed by atoms with Crippen molar-refractivity contribution in [3.8, 4) is 0 Å². The number of halogens is 1. The topological polar surface area (TPSA) is 68.3 Å². The third-order valence-corrected chi connectivity index (χ3v) is 2.90. The summed E-state index contributed by atoms with van der Waals surface area (Å²) < 4.78 is 18.5. The SMILES string of the molecule is Nc1cc(F)cc(NC(=O)c2coc3ccccc23)c1. The Morgan fingerprint density at radius 1 is 1.20 bits per heavy atom. The number of nitrogen functional groups attached to an aromatic ring is 1. The molecular formula is C15H11FN2O2. The Balaban J connectivity index is 1.93. The highest BCUT2D eigenvalue weighted by molar-refractivity contribution is 6.12. The van der Waals surface area contributed by atoms with Crippen LogP contribution in [0.1, 0.15) is 10.4 Å². The summed E-state index contributed by atoms with van der Waals surface area (Å²) in [5.41, 5.74) is 7.10. The van der Waals surface area contributed by atoms with Gasteiger partial charge < -0.3 is 15.5 Å². The van der Waals surface area contributed by atoms with Crippen molar-refractivity contribution in [3.63, 3.8) is 0 Å². The molecule has 0 aliphatic carbocycles. The summed E-state index contributed by atoms with van der Waals surface area (Å²) in [6.07, 6.45) is 1.38. The Labute approximate surface area is 114 Å². The van der Waals surface area contributed by atoms with Crippen molar-refractivity contribution in [3.05, 3.63) is 60.1 Å². The zero-order valence-corrected chi connectivity index (χ0v) is 10.4. The fourth-order valence-electron chi connectivity index (χ4n) is 2.04. The number of hydrogen-bond donors (Lipinski definition) is 2. The molecule has 2 aromatic carbocycles. The molecule has 5 heteroatoms. The zero-order chi connectivity index (χ0) is 14.1. The molecule has 0 spiro atoms. The van der Waals surface area contributed by atoms with E-state index < -0.39 is 5.82 Å². The smallest absolute Gasteiger partial charge is 0.259 e. The lowest BCUT2D eigenvalue weighted by Gasteiger charge is -2.05. The van der Waals surface area contributed by atoms with Gasteiger partial charge in [-0.15, -0.1) is 0 Å². The summed E-state index contributed by atoms with van der Waals surface area (Å²) in [7, 11) is 0. The van der Waals surface area contributed by atoms with Crippen LogP contribution in [0.5, 0.6) is 0 Å². The standard InChI is InChI=1S/C15H11FN2O2/c16-9-5-10(17)7-11(6-9)18-15(19)13-8-20-14-4-2-1-3-12(13)14/h1-8H,17H2,(H,18,19). The van der Waals surface area contributed by atoms with E-state index in [1.54, 1.807) is 12.1 Å². The first-order valence-corrected chi connectivity index (χ1v) is 5.97. The van der Waals surface area contributed by atoms with Crippen LogP contribution in [-0.4, -0.2) is 5.91 Å². The first kappa shape index (κ1) is 12.2. The second-order valence-electron chi connectivity index (χ2n) is 4.37. The van der Waals surface area contributed by atoms with Gasteiger partial charge in [0.1, 0.15) is 17.7 Å². The average Bonchev–Trinajstić information content (AvgIpc) is 2.81. The molecule has 0 saturated heterocycles. The van der Waals surface area contributed by atoms with Gasteiger partial charge in [-0.05, 0) is 24.3 Å². The number of hydrogen-bond acceptors (Lipinski definition) is 3. The van der Waals surface area contributed by atoms with Crippen LogP contribution in [-0.2, 0) is 0 Å². The van der Waals surface area contributed by atoms with E-state index in [4.69, 9.17) is 10.2 Å². The summed E-state index contributed by atoms with van der Waals surface area (Å²) in [6.45, 7) is 0. The Hall–Kier alpha value is -2.82. The van der Waals surface area contributed by atoms with E-state index in [1.807, 2.05) is 12.1 Å². The fraction of sp³-hybridized carbons (Fsp3) is 0. The van der Waals surface area contributed by atoms with Crippen LogP contribution in [0.2, 0.25) is 0 Å². The number of carbonyl (C=O) groups excluding carboxylic acids is 1. The van der Waals surface area contributed by atoms with Crippen molar-refractivity contribution in [1.29, 1.82) is 0 Å². The minimum absolute atomic E-state index is 0.248. The second-order valence-corrected chi connectivity index (χ2v) is 4.37. The van der Waals surface area contributed by atoms with Crippen molar-refractivity contribution in [2.24, 2.45) is 0 Å². The average molecular weight is 270 g/mol. The first-order chi connectivity index (χ1) is 9.63. The zero-order valence-electron chi connectivity index (χ0n) is 10.4. The van der Waals surface area contributed by atoms with Crippen molar-refractivity contribution in [2.75, 3.05) is 11.1 Å². The molecule has 0 fully saturated rings. The number of para-hydroxylation sites is 1. The predicted octanol–water partition coefficient (Wildman–Crippen LogP) is 3.41. The number of benzene rings is 2. The van der Waals surface area contributed by atoms with E-state index in [9.17, 15) is 9.18 Å². The third-order valence-electron chi connectivity index (χ3n) is 2.90. The molecule has 0 aliphatic rings. The van der Waals surface area contributed by atoms with Gasteiger partial charge in [0.25, 0.3) is 5.91 Å². The minimum Gasteiger partial charge on any atom is -0.463 e. The largest absolute Gasteiger partial charge is 0.463 e. The van der Waals surface area contributed by atoms with E-state index >= 15 is 0 Å². The molecule has 0 saturated carbocycles. The molecule has 100 valence electrons. The highest BCUT2D eigenvalue weighted by atomic mass is 19.1. The number of amides is 1. The lowest BCUT2D eigenvalue weighted by atomic mass is 10.1. The maximum atomic E-state index is 13.2. The monoisotopic (exact) mass is 270 g/mol. The molecule has 0 aliphatic heterocycles. The molecule has 0 unspecified atom stereocenters. The molecule has 20 heavy (non-hydrogen) atoms. The van der Waals surface area contributed by atoms with Crippen molar-refractivity contribution < 1.29 is 13.6 Å². The van der Waals surface area contributed by atoms with E-state index in [2.05, 4.69) is 5.32 Å². The molecule has 0 atom stereocenters. The van der Waals surface area contributed by atoms with Crippen LogP contribution in [0.15, 0.2) is 53.1 Å². The van der Waals surface area contributed by atoms with E-state index in [1.165, 1.54) is 24.5 Å². The molecule has 3 N–H and O–H groups in total. The lowest BCUT2D eigenvalue weighted by Crippen LogP contribution is -2.11. The van der Waals surface area contributed by atoms with Gasteiger partial charge in [-0.2, -0.15) is 0 Å². The molecule has 1 aromatic heterocycles. The van der Waals surface area contributed by atoms with Crippen molar-refractivity contribution in [1.82, 2.24) is 0 Å². The molecule has 0 radical (unpaired) electrons. The Morgan fingerprint density at radius 3 is 2.80 bits per heavy atom. The molecule has 1 amide bonds. The number of nitrogens with two attached hydrogens (primary N) is 1. The maximum Gasteiger partial charge on any atom is 0.259 e. The van der Waals surface area contributed by atoms with Gasteiger partial charge in [-0.1, -0.05) is 18.2 Å². The van der Waals surface area contributed by atoms with Crippen LogP contribution in [0.3, 0.4) is 0 Å². The molecule has 3 aromatic rings. The van der Waals surface area contributed by atoms with Crippen LogP contribution in [0, 0.1) is 5.82 Å². The summed E-state index contributed by atoms with van der Waals surface area (Å²) >= 11 is 0. The van der Waals surface area contributed by atoms with Crippen LogP contribution in [0.4, 0.5) is 15.8 Å². The van der Waals surface area contributed by atoms with Crippen LogP contribution < -0.4 is 11.1 Å². The second kappa shape index (κ2) is 4.70. The van der Waals surface area contributed by atoms with Gasteiger partial charge in [-0.25, -0.2) is 4.39 Å². The summed E-state index contributed by atoms with van der Waals surface area (Å²) in [4.78, 5) is 12.2. The maximum absolute atomic E-state index is 13.2. The van der Waals surface area contributed by atoms with E-state index in [-0.39, 0.29) is 11.6 Å². The number of rotatable bonds is 2. The molecule has 0 bridgehead atoms. The Kier molecular flexibility index (Phi) is 2.87. The number of carbonyl (C=O) groups is 1. The highest BCUT2D eigenvalue weighted by Gasteiger charge is 2.13. The molecule has 4 nitrogen and oxygen atoms in total. The molecule has 1 heterocycles. The van der Waals surface area contributed by atoms with Gasteiger partial charge in [0.15, 0.2) is 0 Å². The van der Waals surface area contributed by atoms with Crippen molar-refractivity contribution >= 4 is 28.3 Å². The quantitative estimate of drug-likeness (QED) is 0.701. The van der Waals surface area contributed by atoms with E-state index in [0.717, 1.165) is 0 Å². The van der Waals surface area contributed by atoms with Gasteiger partial charge in [0.05, 0.1) is 5.56 Å². The van der Waals surface area contributed by atoms with Gasteiger partial charge >= 0.3 is 0 Å². The third kappa shape index (κ3) is 2.21. The summed E-state index contributed by atoms with van der Waals surface area (Å²) in [6, 6.07) is 11.1. The normalized spacial score (nSPS) is 10.7. The fourth-order valence-corrected chi connectivity index (χ4v) is 2.04. The molecular weight excluding hydrogens is 259 g/mol. The Bertz CT molecular complexity index is 775. The molecule has 3 rings (SSSR count). The number of anilines is 2. The first-order valence-electron chi connectivity index (χ1n) is 5.97. The van der Waals surface area contributed by atoms with Crippen LogP contribution in [0.25, 0.3) is 11.0 Å². The van der Waals surface area contributed by atoms with Gasteiger partial charge in [0, 0.05) is 16.8 Å². The number of nitrogens with one attached hydrogen (secondary N) is 1. The summed E-state index contributed by atoms with van der Waals surface area (Å²) in [5, 5.41) is 3.30. The van der Waals surface area contributed by atoms with Crippen LogP contribution >= 0.6 is 0 Å². The van der Waals surface area contributed by atoms with Gasteiger partial charge in [0.2, 0.25) is 0 Å². The minimum atomic E-state index is -0.502. The predicted molar refractivity (Wildman–Crippen MR) is 75.0 cm³/mol. The van der Waals surface area contributed by atoms with Crippen molar-refractivity contribution in [2.45, 2.75) is 0 Å². The highest BCUT2D eigenvalue weighted by Crippen LogP contribution is 2.22. The Morgan fingerprint density at radius 2 is 2.00 bits per heavy atom. The number of furan rings is 1. The summed E-state index contributed by atoms with van der Waals surface area (Å²) in [5.74, 6) is -0.877. The number of fused-ring (bicyclic) bond motifs is 1. The van der Waals surface area contributed by atoms with E-state index in [0.29, 0.717) is 22.2 Å². The van der Waals surface area contributed by atoms with Gasteiger partial charge in [-0.3, -0.25) is 4.79 Å². The lowest BCUT2D eigenvalue weighted by molar-refractivity contribution is 0.102.